The van der Waals surface area contributed by atoms with Crippen LogP contribution in [0, 0.1) is 0 Å². The highest BCUT2D eigenvalue weighted by Gasteiger charge is 2.30. The number of carboxylic acids is 1. The number of benzene rings is 1. The van der Waals surface area contributed by atoms with Gasteiger partial charge in [0.2, 0.25) is 0 Å². The molecule has 0 unspecified atom stereocenters. The minimum Gasteiger partial charge on any atom is -0.480 e. The number of carbonyl (C=O) groups is 1. The number of fused-ring (bicyclic) bond motifs is 1. The van der Waals surface area contributed by atoms with Gasteiger partial charge >= 0.3 is 13.1 Å². The van der Waals surface area contributed by atoms with E-state index in [1.165, 1.54) is 0 Å². The van der Waals surface area contributed by atoms with E-state index in [0.29, 0.717) is 23.3 Å². The summed E-state index contributed by atoms with van der Waals surface area (Å²) in [5.74, 6) is -0.953. The van der Waals surface area contributed by atoms with Gasteiger partial charge in [0.15, 0.2) is 0 Å². The van der Waals surface area contributed by atoms with Crippen LogP contribution in [-0.4, -0.2) is 29.8 Å². The lowest BCUT2D eigenvalue weighted by atomic mass is 9.75. The average molecular weight is 236 g/mol. The molecule has 2 rings (SSSR count). The molecule has 7 heteroatoms. The van der Waals surface area contributed by atoms with Crippen molar-refractivity contribution in [1.82, 2.24) is 0 Å². The molecule has 5 N–H and O–H groups in total. The molecule has 6 nitrogen and oxygen atoms in total. The molecular formula is C10H13BN2O4. The summed E-state index contributed by atoms with van der Waals surface area (Å²) in [7, 11) is -0.977. The van der Waals surface area contributed by atoms with Crippen molar-refractivity contribution >= 4 is 24.2 Å². The molecular weight excluding hydrogens is 223 g/mol. The van der Waals surface area contributed by atoms with Gasteiger partial charge in [0.25, 0.3) is 0 Å². The summed E-state index contributed by atoms with van der Waals surface area (Å²) in [5, 5.41) is 21.1. The summed E-state index contributed by atoms with van der Waals surface area (Å²) in [6, 6.07) is 3.56. The molecule has 0 atom stereocenters. The molecule has 1 aromatic carbocycles. The molecule has 0 aliphatic carbocycles. The monoisotopic (exact) mass is 236 g/mol. The van der Waals surface area contributed by atoms with E-state index in [9.17, 15) is 9.82 Å². The predicted octanol–water partition coefficient (Wildman–Crippen LogP) is -1.14. The van der Waals surface area contributed by atoms with Gasteiger partial charge in [-0.05, 0) is 22.7 Å². The molecule has 17 heavy (non-hydrogen) atoms. The Hall–Kier alpha value is -1.57. The Morgan fingerprint density at radius 1 is 1.59 bits per heavy atom. The highest BCUT2D eigenvalue weighted by Crippen LogP contribution is 2.20. The first kappa shape index (κ1) is 11.9. The highest BCUT2D eigenvalue weighted by molar-refractivity contribution is 6.62. The van der Waals surface area contributed by atoms with Gasteiger partial charge in [-0.2, -0.15) is 0 Å². The highest BCUT2D eigenvalue weighted by atomic mass is 16.5. The fourth-order valence-corrected chi connectivity index (χ4v) is 1.96. The molecule has 0 radical (unpaired) electrons. The molecule has 0 fully saturated rings. The topological polar surface area (TPSA) is 105 Å². The number of hydrogen-bond donors (Lipinski definition) is 4. The molecule has 0 saturated carbocycles. The van der Waals surface area contributed by atoms with Gasteiger partial charge in [-0.3, -0.25) is 4.79 Å². The van der Waals surface area contributed by atoms with Gasteiger partial charge in [-0.15, -0.1) is 0 Å². The van der Waals surface area contributed by atoms with Crippen LogP contribution in [0.5, 0.6) is 0 Å². The number of nitrogens with two attached hydrogens (primary N) is 1. The van der Waals surface area contributed by atoms with Gasteiger partial charge in [0, 0.05) is 12.2 Å². The van der Waals surface area contributed by atoms with Crippen molar-refractivity contribution in [2.45, 2.75) is 13.2 Å². The van der Waals surface area contributed by atoms with Crippen LogP contribution in [0.3, 0.4) is 0 Å². The first-order valence-corrected chi connectivity index (χ1v) is 5.23. The number of rotatable bonds is 4. The van der Waals surface area contributed by atoms with Crippen molar-refractivity contribution in [1.29, 1.82) is 0 Å². The fraction of sp³-hybridized carbons (Fsp3) is 0.300. The second-order valence-electron chi connectivity index (χ2n) is 3.78. The van der Waals surface area contributed by atoms with E-state index in [0.717, 1.165) is 5.56 Å². The third kappa shape index (κ3) is 2.26. The Morgan fingerprint density at radius 2 is 2.35 bits per heavy atom. The van der Waals surface area contributed by atoms with Crippen LogP contribution in [0.1, 0.15) is 11.1 Å². The van der Waals surface area contributed by atoms with Crippen molar-refractivity contribution in [2.24, 2.45) is 5.73 Å². The molecule has 0 bridgehead atoms. The maximum atomic E-state index is 10.5. The maximum absolute atomic E-state index is 10.5. The summed E-state index contributed by atoms with van der Waals surface area (Å²) in [6.45, 7) is 0.372. The SMILES string of the molecule is NCc1c(NCC(=O)O)ccc2c1B(O)OC2. The van der Waals surface area contributed by atoms with Crippen molar-refractivity contribution in [3.63, 3.8) is 0 Å². The largest absolute Gasteiger partial charge is 0.492 e. The van der Waals surface area contributed by atoms with Crippen LogP contribution in [0.25, 0.3) is 0 Å². The first-order chi connectivity index (χ1) is 8.13. The Kier molecular flexibility index (Phi) is 3.32. The van der Waals surface area contributed by atoms with E-state index in [2.05, 4.69) is 5.32 Å². The molecule has 1 aromatic rings. The second kappa shape index (κ2) is 4.74. The van der Waals surface area contributed by atoms with Crippen LogP contribution in [-0.2, 0) is 22.6 Å². The van der Waals surface area contributed by atoms with Gasteiger partial charge in [0.1, 0.15) is 6.54 Å². The number of carboxylic acid groups (broad SMARTS) is 1. The van der Waals surface area contributed by atoms with Crippen molar-refractivity contribution in [2.75, 3.05) is 11.9 Å². The van der Waals surface area contributed by atoms with Gasteiger partial charge < -0.3 is 25.8 Å². The van der Waals surface area contributed by atoms with Crippen LogP contribution >= 0.6 is 0 Å². The Bertz CT molecular complexity index is 452. The van der Waals surface area contributed by atoms with E-state index in [1.54, 1.807) is 12.1 Å². The third-order valence-electron chi connectivity index (χ3n) is 2.73. The van der Waals surface area contributed by atoms with Crippen LogP contribution in [0.15, 0.2) is 12.1 Å². The first-order valence-electron chi connectivity index (χ1n) is 5.23. The van der Waals surface area contributed by atoms with Gasteiger partial charge in [-0.25, -0.2) is 0 Å². The standard InChI is InChI=1S/C10H13BN2O4/c12-3-7-8(13-4-9(14)15)2-1-6-5-17-11(16)10(6)7/h1-2,13,16H,3-5,12H2,(H,14,15). The van der Waals surface area contributed by atoms with E-state index in [1.807, 2.05) is 0 Å². The lowest BCUT2D eigenvalue weighted by Crippen LogP contribution is -2.33. The summed E-state index contributed by atoms with van der Waals surface area (Å²) in [4.78, 5) is 10.5. The molecule has 0 aromatic heterocycles. The van der Waals surface area contributed by atoms with Crippen LogP contribution in [0.2, 0.25) is 0 Å². The van der Waals surface area contributed by atoms with E-state index >= 15 is 0 Å². The van der Waals surface area contributed by atoms with Crippen LogP contribution < -0.4 is 16.5 Å². The normalized spacial score (nSPS) is 13.6. The third-order valence-corrected chi connectivity index (χ3v) is 2.73. The zero-order chi connectivity index (χ0) is 12.4. The maximum Gasteiger partial charge on any atom is 0.492 e. The predicted molar refractivity (Wildman–Crippen MR) is 62.9 cm³/mol. The van der Waals surface area contributed by atoms with Gasteiger partial charge in [-0.1, -0.05) is 6.07 Å². The van der Waals surface area contributed by atoms with E-state index in [4.69, 9.17) is 15.5 Å². The summed E-state index contributed by atoms with van der Waals surface area (Å²) in [6.07, 6.45) is 0. The lowest BCUT2D eigenvalue weighted by Gasteiger charge is -2.13. The Labute approximate surface area is 98.5 Å². The Morgan fingerprint density at radius 3 is 3.00 bits per heavy atom. The summed E-state index contributed by atoms with van der Waals surface area (Å²) >= 11 is 0. The molecule has 90 valence electrons. The average Bonchev–Trinajstić information content (AvgIpc) is 2.68. The van der Waals surface area contributed by atoms with E-state index in [-0.39, 0.29) is 13.1 Å². The molecule has 1 aliphatic heterocycles. The number of hydrogen-bond acceptors (Lipinski definition) is 5. The quantitative estimate of drug-likeness (QED) is 0.492. The smallest absolute Gasteiger partial charge is 0.480 e. The molecule has 0 spiro atoms. The van der Waals surface area contributed by atoms with Crippen molar-refractivity contribution < 1.29 is 19.6 Å². The molecule has 1 heterocycles. The summed E-state index contributed by atoms with van der Waals surface area (Å²) in [5.41, 5.74) is 8.51. The lowest BCUT2D eigenvalue weighted by molar-refractivity contribution is -0.134. The zero-order valence-electron chi connectivity index (χ0n) is 9.14. The van der Waals surface area contributed by atoms with Gasteiger partial charge in [0.05, 0.1) is 6.61 Å². The van der Waals surface area contributed by atoms with Crippen molar-refractivity contribution in [3.8, 4) is 0 Å². The minimum atomic E-state index is -0.977. The fourth-order valence-electron chi connectivity index (χ4n) is 1.96. The Balaban J connectivity index is 2.34. The molecule has 0 saturated heterocycles. The van der Waals surface area contributed by atoms with Crippen molar-refractivity contribution in [3.05, 3.63) is 23.3 Å². The number of anilines is 1. The number of aliphatic carboxylic acids is 1. The second-order valence-corrected chi connectivity index (χ2v) is 3.78. The van der Waals surface area contributed by atoms with Crippen LogP contribution in [0.4, 0.5) is 5.69 Å². The van der Waals surface area contributed by atoms with E-state index < -0.39 is 13.1 Å². The minimum absolute atomic E-state index is 0.192. The molecule has 1 aliphatic rings. The molecule has 0 amide bonds. The number of nitrogens with one attached hydrogen (secondary N) is 1. The summed E-state index contributed by atoms with van der Waals surface area (Å²) < 4.78 is 5.10. The zero-order valence-corrected chi connectivity index (χ0v) is 9.14.